The van der Waals surface area contributed by atoms with Gasteiger partial charge in [0.2, 0.25) is 0 Å². The Labute approximate surface area is 148 Å². The second kappa shape index (κ2) is 5.72. The van der Waals surface area contributed by atoms with Gasteiger partial charge in [0.25, 0.3) is 0 Å². The molecule has 0 atom stereocenters. The zero-order chi connectivity index (χ0) is 16.8. The number of ether oxygens (including phenoxy) is 1. The molecule has 0 saturated carbocycles. The zero-order valence-electron chi connectivity index (χ0n) is 12.8. The lowest BCUT2D eigenvalue weighted by Crippen LogP contribution is -2.32. The fourth-order valence-electron chi connectivity index (χ4n) is 2.98. The summed E-state index contributed by atoms with van der Waals surface area (Å²) in [5.41, 5.74) is 2.78. The summed E-state index contributed by atoms with van der Waals surface area (Å²) >= 11 is 12.2. The number of hydrogen-bond donors (Lipinski definition) is 0. The number of nitrogens with zero attached hydrogens (tertiary/aromatic N) is 1. The van der Waals surface area contributed by atoms with Gasteiger partial charge in [-0.05, 0) is 42.8 Å². The molecule has 0 spiro atoms. The number of aryl methyl sites for hydroxylation is 1. The maximum Gasteiger partial charge on any atom is 0.336 e. The molecule has 0 N–H and O–H groups in total. The maximum absolute atomic E-state index is 11.8. The van der Waals surface area contributed by atoms with E-state index in [1.54, 1.807) is 6.07 Å². The van der Waals surface area contributed by atoms with Crippen LogP contribution in [0.2, 0.25) is 10.0 Å². The van der Waals surface area contributed by atoms with E-state index in [0.29, 0.717) is 28.9 Å². The van der Waals surface area contributed by atoms with E-state index in [-0.39, 0.29) is 5.63 Å². The molecular formula is C18H13Cl2NO3. The predicted molar refractivity (Wildman–Crippen MR) is 95.4 cm³/mol. The Morgan fingerprint density at radius 3 is 2.58 bits per heavy atom. The van der Waals surface area contributed by atoms with Crippen LogP contribution in [0, 0.1) is 6.92 Å². The number of benzene rings is 2. The highest BCUT2D eigenvalue weighted by Crippen LogP contribution is 2.35. The third kappa shape index (κ3) is 2.62. The first-order valence-electron chi connectivity index (χ1n) is 7.41. The Morgan fingerprint density at radius 1 is 1.08 bits per heavy atom. The average molecular weight is 362 g/mol. The molecule has 24 heavy (non-hydrogen) atoms. The minimum absolute atomic E-state index is 0.365. The molecule has 4 rings (SSSR count). The normalized spacial score (nSPS) is 13.7. The van der Waals surface area contributed by atoms with Crippen molar-refractivity contribution in [3.63, 3.8) is 0 Å². The van der Waals surface area contributed by atoms with Gasteiger partial charge in [0.1, 0.15) is 11.3 Å². The zero-order valence-corrected chi connectivity index (χ0v) is 14.3. The molecule has 1 aliphatic rings. The van der Waals surface area contributed by atoms with Gasteiger partial charge in [-0.15, -0.1) is 0 Å². The molecule has 2 heterocycles. The van der Waals surface area contributed by atoms with Crippen molar-refractivity contribution in [1.29, 1.82) is 0 Å². The number of rotatable bonds is 1. The molecule has 0 radical (unpaired) electrons. The van der Waals surface area contributed by atoms with Crippen LogP contribution in [-0.4, -0.2) is 6.73 Å². The standard InChI is InChI=1S/C18H13Cl2NO3/c1-10-4-17(22)24-18-14(10)2-3-16-15(18)8-21(9-23-16)13-6-11(19)5-12(20)7-13/h2-7H,8-9H2,1H3. The van der Waals surface area contributed by atoms with Crippen LogP contribution in [0.3, 0.4) is 0 Å². The van der Waals surface area contributed by atoms with E-state index in [2.05, 4.69) is 0 Å². The number of fused-ring (bicyclic) bond motifs is 3. The molecule has 122 valence electrons. The van der Waals surface area contributed by atoms with Gasteiger partial charge in [0.05, 0.1) is 12.1 Å². The van der Waals surface area contributed by atoms with Crippen LogP contribution >= 0.6 is 23.2 Å². The molecule has 3 aromatic rings. The summed E-state index contributed by atoms with van der Waals surface area (Å²) in [7, 11) is 0. The van der Waals surface area contributed by atoms with Crippen molar-refractivity contribution in [2.24, 2.45) is 0 Å². The quantitative estimate of drug-likeness (QED) is 0.585. The Bertz CT molecular complexity index is 993. The molecule has 4 nitrogen and oxygen atoms in total. The van der Waals surface area contributed by atoms with Gasteiger partial charge >= 0.3 is 5.63 Å². The molecule has 0 saturated heterocycles. The van der Waals surface area contributed by atoms with Gasteiger partial charge in [-0.1, -0.05) is 23.2 Å². The summed E-state index contributed by atoms with van der Waals surface area (Å²) in [5, 5.41) is 2.02. The molecule has 1 aromatic heterocycles. The molecule has 0 aliphatic carbocycles. The van der Waals surface area contributed by atoms with Crippen LogP contribution in [0.25, 0.3) is 11.0 Å². The van der Waals surface area contributed by atoms with E-state index < -0.39 is 0 Å². The van der Waals surface area contributed by atoms with Crippen LogP contribution < -0.4 is 15.3 Å². The van der Waals surface area contributed by atoms with E-state index in [4.69, 9.17) is 32.4 Å². The van der Waals surface area contributed by atoms with Crippen LogP contribution in [0.4, 0.5) is 5.69 Å². The highest BCUT2D eigenvalue weighted by Gasteiger charge is 2.22. The first-order chi connectivity index (χ1) is 11.5. The van der Waals surface area contributed by atoms with Crippen molar-refractivity contribution in [1.82, 2.24) is 0 Å². The van der Waals surface area contributed by atoms with Crippen LogP contribution in [0.1, 0.15) is 11.1 Å². The van der Waals surface area contributed by atoms with Crippen molar-refractivity contribution in [2.75, 3.05) is 11.6 Å². The molecular weight excluding hydrogens is 349 g/mol. The van der Waals surface area contributed by atoms with E-state index in [1.807, 2.05) is 36.1 Å². The Hall–Kier alpha value is -2.17. The van der Waals surface area contributed by atoms with E-state index in [1.165, 1.54) is 6.07 Å². The summed E-state index contributed by atoms with van der Waals surface area (Å²) in [6.45, 7) is 2.80. The molecule has 1 aliphatic heterocycles. The monoisotopic (exact) mass is 361 g/mol. The van der Waals surface area contributed by atoms with Crippen molar-refractivity contribution < 1.29 is 9.15 Å². The second-order valence-corrected chi connectivity index (χ2v) is 6.64. The van der Waals surface area contributed by atoms with Crippen LogP contribution in [-0.2, 0) is 6.54 Å². The fourth-order valence-corrected chi connectivity index (χ4v) is 3.49. The Balaban J connectivity index is 1.84. The SMILES string of the molecule is Cc1cc(=O)oc2c3c(ccc12)OCN(c1cc(Cl)cc(Cl)c1)C3. The summed E-state index contributed by atoms with van der Waals surface area (Å²) in [6, 6.07) is 10.7. The molecule has 2 aromatic carbocycles. The van der Waals surface area contributed by atoms with Gasteiger partial charge in [0, 0.05) is 27.2 Å². The summed E-state index contributed by atoms with van der Waals surface area (Å²) in [6.07, 6.45) is 0. The minimum atomic E-state index is -0.365. The Morgan fingerprint density at radius 2 is 1.83 bits per heavy atom. The largest absolute Gasteiger partial charge is 0.473 e. The Kier molecular flexibility index (Phi) is 3.66. The molecule has 6 heteroatoms. The summed E-state index contributed by atoms with van der Waals surface area (Å²) in [4.78, 5) is 13.8. The first kappa shape index (κ1) is 15.4. The van der Waals surface area contributed by atoms with Crippen LogP contribution in [0.5, 0.6) is 5.75 Å². The molecule has 0 unspecified atom stereocenters. The average Bonchev–Trinajstić information content (AvgIpc) is 2.53. The topological polar surface area (TPSA) is 42.7 Å². The smallest absolute Gasteiger partial charge is 0.336 e. The molecule has 0 bridgehead atoms. The highest BCUT2D eigenvalue weighted by atomic mass is 35.5. The van der Waals surface area contributed by atoms with E-state index in [9.17, 15) is 4.79 Å². The number of anilines is 1. The molecule has 0 fully saturated rings. The highest BCUT2D eigenvalue weighted by molar-refractivity contribution is 6.35. The van der Waals surface area contributed by atoms with Gasteiger partial charge in [-0.2, -0.15) is 0 Å². The first-order valence-corrected chi connectivity index (χ1v) is 8.17. The lowest BCUT2D eigenvalue weighted by atomic mass is 10.0. The van der Waals surface area contributed by atoms with Crippen LogP contribution in [0.15, 0.2) is 45.6 Å². The predicted octanol–water partition coefficient (Wildman–Crippen LogP) is 4.76. The fraction of sp³-hybridized carbons (Fsp3) is 0.167. The number of hydrogen-bond acceptors (Lipinski definition) is 4. The summed E-state index contributed by atoms with van der Waals surface area (Å²) < 4.78 is 11.3. The maximum atomic E-state index is 11.8. The van der Waals surface area contributed by atoms with Crippen molar-refractivity contribution in [3.05, 3.63) is 68.0 Å². The third-order valence-corrected chi connectivity index (χ3v) is 4.55. The van der Waals surface area contributed by atoms with E-state index >= 15 is 0 Å². The van der Waals surface area contributed by atoms with Crippen molar-refractivity contribution >= 4 is 39.9 Å². The van der Waals surface area contributed by atoms with Crippen molar-refractivity contribution in [2.45, 2.75) is 13.5 Å². The van der Waals surface area contributed by atoms with Crippen molar-refractivity contribution in [3.8, 4) is 5.75 Å². The molecule has 0 amide bonds. The second-order valence-electron chi connectivity index (χ2n) is 5.77. The lowest BCUT2D eigenvalue weighted by Gasteiger charge is -2.31. The van der Waals surface area contributed by atoms with Gasteiger partial charge in [-0.3, -0.25) is 0 Å². The van der Waals surface area contributed by atoms with Gasteiger partial charge < -0.3 is 14.1 Å². The van der Waals surface area contributed by atoms with Gasteiger partial charge in [0.15, 0.2) is 6.73 Å². The third-order valence-electron chi connectivity index (χ3n) is 4.12. The lowest BCUT2D eigenvalue weighted by molar-refractivity contribution is 0.289. The minimum Gasteiger partial charge on any atom is -0.473 e. The summed E-state index contributed by atoms with van der Waals surface area (Å²) in [5.74, 6) is 0.723. The van der Waals surface area contributed by atoms with E-state index in [0.717, 1.165) is 28.0 Å². The number of halogens is 2. The van der Waals surface area contributed by atoms with Gasteiger partial charge in [-0.25, -0.2) is 4.79 Å².